The minimum absolute atomic E-state index is 0.0710. The van der Waals surface area contributed by atoms with Crippen LogP contribution in [0.15, 0.2) is 24.3 Å². The Bertz CT molecular complexity index is 718. The normalized spacial score (nSPS) is 19.8. The Morgan fingerprint density at radius 2 is 2.05 bits per heavy atom. The monoisotopic (exact) mass is 278 g/mol. The van der Waals surface area contributed by atoms with E-state index in [0.717, 1.165) is 24.8 Å². The Kier molecular flexibility index (Phi) is 2.91. The van der Waals surface area contributed by atoms with Crippen molar-refractivity contribution in [2.24, 2.45) is 0 Å². The van der Waals surface area contributed by atoms with Gasteiger partial charge in [-0.2, -0.15) is 0 Å². The third-order valence-electron chi connectivity index (χ3n) is 4.11. The number of nitrogens with zero attached hydrogens (tertiary/aromatic N) is 1. The molecule has 0 fully saturated rings. The van der Waals surface area contributed by atoms with Gasteiger partial charge in [-0.05, 0) is 30.9 Å². The van der Waals surface area contributed by atoms with Gasteiger partial charge in [0.1, 0.15) is 0 Å². The smallest absolute Gasteiger partial charge is 0.211 e. The molecule has 1 N–H and O–H groups in total. The summed E-state index contributed by atoms with van der Waals surface area (Å²) in [6, 6.07) is 8.29. The third-order valence-corrected chi connectivity index (χ3v) is 5.45. The van der Waals surface area contributed by atoms with Gasteiger partial charge in [0.05, 0.1) is 6.26 Å². The highest BCUT2D eigenvalue weighted by molar-refractivity contribution is 7.88. The van der Waals surface area contributed by atoms with Crippen LogP contribution in [0.25, 0.3) is 10.9 Å². The number of aromatic amines is 1. The standard InChI is InChI=1S/C14H18N2O2S/c1-16(19(2,17)18)10-7-8-14-12(9-10)11-5-3-4-6-13(11)15-14/h3-6,10,15H,7-9H2,1-2H3. The number of rotatable bonds is 2. The van der Waals surface area contributed by atoms with Crippen LogP contribution in [-0.2, 0) is 22.9 Å². The maximum Gasteiger partial charge on any atom is 0.211 e. The molecule has 1 atom stereocenters. The molecule has 102 valence electrons. The molecule has 0 spiro atoms. The van der Waals surface area contributed by atoms with Crippen LogP contribution in [0, 0.1) is 0 Å². The van der Waals surface area contributed by atoms with Gasteiger partial charge in [-0.1, -0.05) is 18.2 Å². The quantitative estimate of drug-likeness (QED) is 0.912. The lowest BCUT2D eigenvalue weighted by atomic mass is 9.91. The highest BCUT2D eigenvalue weighted by Gasteiger charge is 2.28. The van der Waals surface area contributed by atoms with E-state index in [2.05, 4.69) is 17.1 Å². The highest BCUT2D eigenvalue weighted by atomic mass is 32.2. The number of H-pyrrole nitrogens is 1. The lowest BCUT2D eigenvalue weighted by Gasteiger charge is -2.29. The average molecular weight is 278 g/mol. The Labute approximate surface area is 113 Å². The Morgan fingerprint density at radius 1 is 1.32 bits per heavy atom. The fourth-order valence-electron chi connectivity index (χ4n) is 2.93. The van der Waals surface area contributed by atoms with Crippen molar-refractivity contribution in [2.75, 3.05) is 13.3 Å². The molecule has 3 rings (SSSR count). The summed E-state index contributed by atoms with van der Waals surface area (Å²) in [5.41, 5.74) is 3.69. The van der Waals surface area contributed by atoms with E-state index in [-0.39, 0.29) is 6.04 Å². The van der Waals surface area contributed by atoms with Gasteiger partial charge >= 0.3 is 0 Å². The molecule has 1 unspecified atom stereocenters. The summed E-state index contributed by atoms with van der Waals surface area (Å²) in [5, 5.41) is 1.23. The van der Waals surface area contributed by atoms with E-state index >= 15 is 0 Å². The largest absolute Gasteiger partial charge is 0.358 e. The van der Waals surface area contributed by atoms with E-state index in [0.29, 0.717) is 0 Å². The second-order valence-electron chi connectivity index (χ2n) is 5.30. The summed E-state index contributed by atoms with van der Waals surface area (Å²) in [4.78, 5) is 3.45. The lowest BCUT2D eigenvalue weighted by Crippen LogP contribution is -2.39. The Balaban J connectivity index is 1.99. The minimum atomic E-state index is -3.12. The summed E-state index contributed by atoms with van der Waals surface area (Å²) in [5.74, 6) is 0. The van der Waals surface area contributed by atoms with E-state index in [1.807, 2.05) is 12.1 Å². The summed E-state index contributed by atoms with van der Waals surface area (Å²) >= 11 is 0. The fourth-order valence-corrected chi connectivity index (χ4v) is 3.65. The molecule has 1 aromatic carbocycles. The van der Waals surface area contributed by atoms with Gasteiger partial charge in [-0.15, -0.1) is 0 Å². The number of nitrogens with one attached hydrogen (secondary N) is 1. The zero-order valence-electron chi connectivity index (χ0n) is 11.2. The van der Waals surface area contributed by atoms with Gasteiger partial charge in [0.15, 0.2) is 0 Å². The molecule has 4 nitrogen and oxygen atoms in total. The molecule has 0 amide bonds. The number of hydrogen-bond acceptors (Lipinski definition) is 2. The number of likely N-dealkylation sites (N-methyl/N-ethyl adjacent to an activating group) is 1. The number of aromatic nitrogens is 1. The first-order valence-corrected chi connectivity index (χ1v) is 8.33. The van der Waals surface area contributed by atoms with E-state index in [9.17, 15) is 8.42 Å². The minimum Gasteiger partial charge on any atom is -0.358 e. The Morgan fingerprint density at radius 3 is 2.79 bits per heavy atom. The molecule has 0 radical (unpaired) electrons. The SMILES string of the molecule is CN(C1CCc2[nH]c3ccccc3c2C1)S(C)(=O)=O. The number of benzene rings is 1. The topological polar surface area (TPSA) is 53.2 Å². The van der Waals surface area contributed by atoms with Crippen LogP contribution in [0.1, 0.15) is 17.7 Å². The van der Waals surface area contributed by atoms with E-state index < -0.39 is 10.0 Å². The van der Waals surface area contributed by atoms with Crippen LogP contribution in [-0.4, -0.2) is 37.1 Å². The maximum absolute atomic E-state index is 11.7. The van der Waals surface area contributed by atoms with Crippen LogP contribution >= 0.6 is 0 Å². The van der Waals surface area contributed by atoms with Crippen molar-refractivity contribution in [1.29, 1.82) is 0 Å². The van der Waals surface area contributed by atoms with Crippen molar-refractivity contribution in [2.45, 2.75) is 25.3 Å². The molecular weight excluding hydrogens is 260 g/mol. The first-order valence-electron chi connectivity index (χ1n) is 6.48. The van der Waals surface area contributed by atoms with Gasteiger partial charge in [-0.3, -0.25) is 0 Å². The van der Waals surface area contributed by atoms with E-state index in [1.54, 1.807) is 7.05 Å². The molecule has 1 aliphatic carbocycles. The maximum atomic E-state index is 11.7. The number of para-hydroxylation sites is 1. The molecule has 2 aromatic rings. The number of fused-ring (bicyclic) bond motifs is 3. The first-order chi connectivity index (χ1) is 8.97. The zero-order chi connectivity index (χ0) is 13.6. The van der Waals surface area contributed by atoms with Gasteiger partial charge in [0.2, 0.25) is 10.0 Å². The van der Waals surface area contributed by atoms with Crippen LogP contribution < -0.4 is 0 Å². The second-order valence-corrected chi connectivity index (χ2v) is 7.35. The molecule has 0 saturated heterocycles. The van der Waals surface area contributed by atoms with Crippen molar-refractivity contribution in [1.82, 2.24) is 9.29 Å². The number of sulfonamides is 1. The molecular formula is C14H18N2O2S. The molecule has 1 heterocycles. The van der Waals surface area contributed by atoms with Crippen LogP contribution in [0.5, 0.6) is 0 Å². The van der Waals surface area contributed by atoms with Crippen molar-refractivity contribution in [3.63, 3.8) is 0 Å². The predicted molar refractivity (Wildman–Crippen MR) is 76.7 cm³/mol. The average Bonchev–Trinajstić information content (AvgIpc) is 2.74. The van der Waals surface area contributed by atoms with Gasteiger partial charge in [0.25, 0.3) is 0 Å². The predicted octanol–water partition coefficient (Wildman–Crippen LogP) is 1.92. The zero-order valence-corrected chi connectivity index (χ0v) is 12.0. The molecule has 1 aromatic heterocycles. The summed E-state index contributed by atoms with van der Waals surface area (Å²) in [6.45, 7) is 0. The van der Waals surface area contributed by atoms with Crippen molar-refractivity contribution < 1.29 is 8.42 Å². The van der Waals surface area contributed by atoms with Gasteiger partial charge < -0.3 is 4.98 Å². The second kappa shape index (κ2) is 4.35. The molecule has 19 heavy (non-hydrogen) atoms. The third kappa shape index (κ3) is 2.17. The number of aryl methyl sites for hydroxylation is 1. The summed E-state index contributed by atoms with van der Waals surface area (Å²) in [7, 11) is -1.44. The van der Waals surface area contributed by atoms with Gasteiger partial charge in [-0.25, -0.2) is 12.7 Å². The molecule has 0 bridgehead atoms. The first kappa shape index (κ1) is 12.7. The van der Waals surface area contributed by atoms with Crippen molar-refractivity contribution in [3.05, 3.63) is 35.5 Å². The summed E-state index contributed by atoms with van der Waals surface area (Å²) < 4.78 is 24.8. The van der Waals surface area contributed by atoms with Gasteiger partial charge in [0, 0.05) is 29.7 Å². The Hall–Kier alpha value is -1.33. The van der Waals surface area contributed by atoms with Crippen LogP contribution in [0.2, 0.25) is 0 Å². The van der Waals surface area contributed by atoms with E-state index in [4.69, 9.17) is 0 Å². The molecule has 1 aliphatic rings. The van der Waals surface area contributed by atoms with Crippen molar-refractivity contribution in [3.8, 4) is 0 Å². The molecule has 0 aliphatic heterocycles. The molecule has 0 saturated carbocycles. The lowest BCUT2D eigenvalue weighted by molar-refractivity contribution is 0.338. The number of hydrogen-bond donors (Lipinski definition) is 1. The molecule has 5 heteroatoms. The van der Waals surface area contributed by atoms with Crippen LogP contribution in [0.4, 0.5) is 0 Å². The fraction of sp³-hybridized carbons (Fsp3) is 0.429. The van der Waals surface area contributed by atoms with Crippen LogP contribution in [0.3, 0.4) is 0 Å². The summed E-state index contributed by atoms with van der Waals surface area (Å²) in [6.07, 6.45) is 3.86. The van der Waals surface area contributed by atoms with E-state index in [1.165, 1.54) is 27.2 Å². The van der Waals surface area contributed by atoms with Crippen molar-refractivity contribution >= 4 is 20.9 Å². The highest BCUT2D eigenvalue weighted by Crippen LogP contribution is 2.31.